The van der Waals surface area contributed by atoms with Crippen molar-refractivity contribution >= 4 is 11.6 Å². The van der Waals surface area contributed by atoms with E-state index in [0.717, 1.165) is 43.2 Å². The molecule has 1 aromatic carbocycles. The molecule has 0 fully saturated rings. The van der Waals surface area contributed by atoms with Crippen molar-refractivity contribution in [3.63, 3.8) is 0 Å². The van der Waals surface area contributed by atoms with E-state index in [4.69, 9.17) is 16.3 Å². The largest absolute Gasteiger partial charge is 0.382 e. The first-order chi connectivity index (χ1) is 8.69. The molecular weight excluding hydrogens is 246 g/mol. The van der Waals surface area contributed by atoms with E-state index in [1.54, 1.807) is 0 Å². The Hall–Kier alpha value is -0.570. The number of nitrogens with one attached hydrogen (secondary N) is 1. The van der Waals surface area contributed by atoms with Gasteiger partial charge in [-0.3, -0.25) is 0 Å². The highest BCUT2D eigenvalue weighted by Gasteiger charge is 2.11. The zero-order valence-corrected chi connectivity index (χ0v) is 12.4. The van der Waals surface area contributed by atoms with Crippen molar-refractivity contribution in [2.75, 3.05) is 19.8 Å². The Morgan fingerprint density at radius 1 is 1.33 bits per heavy atom. The summed E-state index contributed by atoms with van der Waals surface area (Å²) in [5, 5.41) is 4.36. The topological polar surface area (TPSA) is 21.3 Å². The second-order valence-electron chi connectivity index (χ2n) is 4.46. The van der Waals surface area contributed by atoms with Gasteiger partial charge in [-0.2, -0.15) is 0 Å². The summed E-state index contributed by atoms with van der Waals surface area (Å²) < 4.78 is 5.39. The molecule has 1 unspecified atom stereocenters. The van der Waals surface area contributed by atoms with E-state index in [9.17, 15) is 0 Å². The van der Waals surface area contributed by atoms with Gasteiger partial charge < -0.3 is 10.1 Å². The van der Waals surface area contributed by atoms with E-state index in [1.807, 2.05) is 13.8 Å². The van der Waals surface area contributed by atoms with Gasteiger partial charge in [0.05, 0.1) is 0 Å². The summed E-state index contributed by atoms with van der Waals surface area (Å²) in [6.45, 7) is 8.78. The van der Waals surface area contributed by atoms with Crippen LogP contribution in [0, 0.1) is 6.92 Å². The number of benzene rings is 1. The van der Waals surface area contributed by atoms with Gasteiger partial charge >= 0.3 is 0 Å². The lowest BCUT2D eigenvalue weighted by Crippen LogP contribution is -2.21. The van der Waals surface area contributed by atoms with Crippen LogP contribution in [0.5, 0.6) is 0 Å². The van der Waals surface area contributed by atoms with E-state index >= 15 is 0 Å². The maximum atomic E-state index is 6.19. The van der Waals surface area contributed by atoms with Crippen molar-refractivity contribution in [2.24, 2.45) is 0 Å². The molecule has 2 nitrogen and oxygen atoms in total. The van der Waals surface area contributed by atoms with Gasteiger partial charge in [-0.1, -0.05) is 30.7 Å². The quantitative estimate of drug-likeness (QED) is 0.717. The molecular formula is C15H24ClNO. The molecule has 0 saturated carbocycles. The van der Waals surface area contributed by atoms with Crippen molar-refractivity contribution in [1.82, 2.24) is 5.32 Å². The maximum absolute atomic E-state index is 6.19. The van der Waals surface area contributed by atoms with Crippen LogP contribution in [0.2, 0.25) is 5.02 Å². The van der Waals surface area contributed by atoms with Crippen LogP contribution in [0.3, 0.4) is 0 Å². The minimum atomic E-state index is 0.369. The molecule has 0 heterocycles. The van der Waals surface area contributed by atoms with Crippen molar-refractivity contribution in [1.29, 1.82) is 0 Å². The number of hydrogen-bond donors (Lipinski definition) is 1. The van der Waals surface area contributed by atoms with E-state index in [2.05, 4.69) is 30.4 Å². The highest BCUT2D eigenvalue weighted by molar-refractivity contribution is 6.31. The van der Waals surface area contributed by atoms with Crippen molar-refractivity contribution < 1.29 is 4.74 Å². The summed E-state index contributed by atoms with van der Waals surface area (Å²) in [6, 6.07) is 6.69. The molecule has 1 aromatic rings. The molecule has 102 valence electrons. The third kappa shape index (κ3) is 4.97. The fourth-order valence-electron chi connectivity index (χ4n) is 1.99. The highest BCUT2D eigenvalue weighted by atomic mass is 35.5. The summed E-state index contributed by atoms with van der Waals surface area (Å²) in [5.41, 5.74) is 2.40. The highest BCUT2D eigenvalue weighted by Crippen LogP contribution is 2.24. The van der Waals surface area contributed by atoms with Crippen LogP contribution in [-0.2, 0) is 4.74 Å². The zero-order valence-electron chi connectivity index (χ0n) is 11.6. The lowest BCUT2D eigenvalue weighted by molar-refractivity contribution is 0.141. The number of ether oxygens (including phenoxy) is 1. The molecule has 1 rings (SSSR count). The Balaban J connectivity index is 2.61. The number of aryl methyl sites for hydroxylation is 1. The molecule has 0 amide bonds. The SMILES string of the molecule is CCNC(CCCOCC)c1ccc(C)c(Cl)c1. The van der Waals surface area contributed by atoms with Gasteiger partial charge in [0.2, 0.25) is 0 Å². The first kappa shape index (κ1) is 15.5. The first-order valence-electron chi connectivity index (χ1n) is 6.76. The number of hydrogen-bond acceptors (Lipinski definition) is 2. The summed E-state index contributed by atoms with van der Waals surface area (Å²) in [7, 11) is 0. The van der Waals surface area contributed by atoms with Crippen LogP contribution in [0.4, 0.5) is 0 Å². The number of halogens is 1. The second-order valence-corrected chi connectivity index (χ2v) is 4.87. The Kier molecular flexibility index (Phi) is 7.33. The van der Waals surface area contributed by atoms with Crippen molar-refractivity contribution in [2.45, 2.75) is 39.7 Å². The van der Waals surface area contributed by atoms with Crippen LogP contribution >= 0.6 is 11.6 Å². The fourth-order valence-corrected chi connectivity index (χ4v) is 2.18. The molecule has 0 spiro atoms. The van der Waals surface area contributed by atoms with Gasteiger partial charge in [0.1, 0.15) is 0 Å². The van der Waals surface area contributed by atoms with Gasteiger partial charge in [0.15, 0.2) is 0 Å². The minimum absolute atomic E-state index is 0.369. The van der Waals surface area contributed by atoms with E-state index in [-0.39, 0.29) is 0 Å². The zero-order chi connectivity index (χ0) is 13.4. The van der Waals surface area contributed by atoms with Crippen molar-refractivity contribution in [3.05, 3.63) is 34.3 Å². The predicted octanol–water partition coefficient (Wildman–Crippen LogP) is 4.12. The molecule has 0 aromatic heterocycles. The smallest absolute Gasteiger partial charge is 0.0466 e. The fraction of sp³-hybridized carbons (Fsp3) is 0.600. The summed E-state index contributed by atoms with van der Waals surface area (Å²) in [6.07, 6.45) is 2.14. The van der Waals surface area contributed by atoms with E-state index in [0.29, 0.717) is 6.04 Å². The Morgan fingerprint density at radius 3 is 2.72 bits per heavy atom. The van der Waals surface area contributed by atoms with Crippen LogP contribution in [-0.4, -0.2) is 19.8 Å². The lowest BCUT2D eigenvalue weighted by atomic mass is 10.0. The average molecular weight is 270 g/mol. The predicted molar refractivity (Wildman–Crippen MR) is 78.3 cm³/mol. The molecule has 3 heteroatoms. The van der Waals surface area contributed by atoms with Crippen LogP contribution in [0.1, 0.15) is 43.9 Å². The average Bonchev–Trinajstić information content (AvgIpc) is 2.37. The molecule has 0 bridgehead atoms. The molecule has 0 aliphatic carbocycles. The summed E-state index contributed by atoms with van der Waals surface area (Å²) in [5.74, 6) is 0. The van der Waals surface area contributed by atoms with Gasteiger partial charge in [-0.15, -0.1) is 0 Å². The normalized spacial score (nSPS) is 12.7. The summed E-state index contributed by atoms with van der Waals surface area (Å²) in [4.78, 5) is 0. The maximum Gasteiger partial charge on any atom is 0.0466 e. The van der Waals surface area contributed by atoms with Gasteiger partial charge in [-0.25, -0.2) is 0 Å². The van der Waals surface area contributed by atoms with Gasteiger partial charge in [-0.05, 0) is 50.4 Å². The summed E-state index contributed by atoms with van der Waals surface area (Å²) >= 11 is 6.19. The van der Waals surface area contributed by atoms with Crippen molar-refractivity contribution in [3.8, 4) is 0 Å². The Morgan fingerprint density at radius 2 is 2.11 bits per heavy atom. The van der Waals surface area contributed by atoms with Crippen LogP contribution < -0.4 is 5.32 Å². The monoisotopic (exact) mass is 269 g/mol. The second kappa shape index (κ2) is 8.52. The Bertz CT molecular complexity index is 354. The molecule has 0 aliphatic rings. The molecule has 1 atom stereocenters. The third-order valence-corrected chi connectivity index (χ3v) is 3.44. The lowest BCUT2D eigenvalue weighted by Gasteiger charge is -2.19. The third-order valence-electron chi connectivity index (χ3n) is 3.03. The molecule has 18 heavy (non-hydrogen) atoms. The minimum Gasteiger partial charge on any atom is -0.382 e. The van der Waals surface area contributed by atoms with E-state index in [1.165, 1.54) is 5.56 Å². The first-order valence-corrected chi connectivity index (χ1v) is 7.14. The molecule has 0 aliphatic heterocycles. The van der Waals surface area contributed by atoms with E-state index < -0.39 is 0 Å². The Labute approximate surface area is 116 Å². The van der Waals surface area contributed by atoms with Gasteiger partial charge in [0.25, 0.3) is 0 Å². The molecule has 1 N–H and O–H groups in total. The van der Waals surface area contributed by atoms with Crippen LogP contribution in [0.15, 0.2) is 18.2 Å². The van der Waals surface area contributed by atoms with Crippen LogP contribution in [0.25, 0.3) is 0 Å². The standard InChI is InChI=1S/C15H24ClNO/c1-4-17-15(7-6-10-18-5-2)13-9-8-12(3)14(16)11-13/h8-9,11,15,17H,4-7,10H2,1-3H3. The molecule has 0 saturated heterocycles. The van der Waals surface area contributed by atoms with Gasteiger partial charge in [0, 0.05) is 24.3 Å². The molecule has 0 radical (unpaired) electrons. The number of rotatable bonds is 8.